The van der Waals surface area contributed by atoms with Crippen molar-refractivity contribution in [1.82, 2.24) is 4.98 Å². The lowest BCUT2D eigenvalue weighted by Crippen LogP contribution is -2.14. The van der Waals surface area contributed by atoms with E-state index in [0.717, 1.165) is 12.1 Å². The summed E-state index contributed by atoms with van der Waals surface area (Å²) < 4.78 is 30.4. The molecule has 2 rings (SSSR count). The van der Waals surface area contributed by atoms with Gasteiger partial charge in [0.05, 0.1) is 5.56 Å². The number of carbonyl (C=O) groups is 2. The Labute approximate surface area is 113 Å². The highest BCUT2D eigenvalue weighted by Gasteiger charge is 2.14. The van der Waals surface area contributed by atoms with Crippen LogP contribution in [0.4, 0.5) is 8.78 Å². The molecule has 102 valence electrons. The second-order valence-corrected chi connectivity index (χ2v) is 3.87. The van der Waals surface area contributed by atoms with Crippen LogP contribution in [-0.4, -0.2) is 23.3 Å². The first-order valence-corrected chi connectivity index (χ1v) is 5.65. The molecule has 0 aliphatic carbocycles. The van der Waals surface area contributed by atoms with E-state index in [2.05, 4.69) is 4.98 Å². The quantitative estimate of drug-likeness (QED) is 0.489. The van der Waals surface area contributed by atoms with Crippen LogP contribution in [0.2, 0.25) is 0 Å². The van der Waals surface area contributed by atoms with Crippen molar-refractivity contribution in [1.29, 1.82) is 0 Å². The lowest BCUT2D eigenvalue weighted by molar-refractivity contribution is 0.0473. The van der Waals surface area contributed by atoms with Crippen molar-refractivity contribution in [3.8, 4) is 0 Å². The predicted octanol–water partition coefficient (Wildman–Crippen LogP) is 2.40. The minimum atomic E-state index is -1.13. The molecular weight excluding hydrogens is 268 g/mol. The van der Waals surface area contributed by atoms with Gasteiger partial charge in [-0.1, -0.05) is 30.3 Å². The van der Waals surface area contributed by atoms with E-state index in [-0.39, 0.29) is 5.56 Å². The van der Waals surface area contributed by atoms with Crippen molar-refractivity contribution < 1.29 is 23.1 Å². The first-order valence-electron chi connectivity index (χ1n) is 5.65. The molecule has 0 N–H and O–H groups in total. The highest BCUT2D eigenvalue weighted by Crippen LogP contribution is 2.07. The van der Waals surface area contributed by atoms with Gasteiger partial charge in [-0.25, -0.2) is 4.79 Å². The Kier molecular flexibility index (Phi) is 4.14. The summed E-state index contributed by atoms with van der Waals surface area (Å²) in [6.45, 7) is -0.506. The zero-order valence-electron chi connectivity index (χ0n) is 10.2. The van der Waals surface area contributed by atoms with Gasteiger partial charge in [-0.15, -0.1) is 0 Å². The third-order valence-electron chi connectivity index (χ3n) is 2.43. The number of pyridine rings is 1. The molecule has 0 spiro atoms. The number of hydrogen-bond acceptors (Lipinski definition) is 4. The van der Waals surface area contributed by atoms with Gasteiger partial charge < -0.3 is 4.74 Å². The number of Topliss-reactive ketones (excluding diaryl/α,β-unsaturated/α-hetero) is 1. The maximum absolute atomic E-state index is 12.8. The lowest BCUT2D eigenvalue weighted by atomic mass is 10.1. The summed E-state index contributed by atoms with van der Waals surface area (Å²) >= 11 is 0. The summed E-state index contributed by atoms with van der Waals surface area (Å²) in [7, 11) is 0. The maximum Gasteiger partial charge on any atom is 0.338 e. The molecule has 1 heterocycles. The fraction of sp³-hybridized carbons (Fsp3) is 0.0714. The number of rotatable bonds is 4. The van der Waals surface area contributed by atoms with E-state index in [9.17, 15) is 18.4 Å². The molecule has 0 atom stereocenters. The fourth-order valence-electron chi connectivity index (χ4n) is 1.50. The molecule has 1 aromatic carbocycles. The maximum atomic E-state index is 12.8. The van der Waals surface area contributed by atoms with E-state index in [1.54, 1.807) is 30.3 Å². The van der Waals surface area contributed by atoms with Gasteiger partial charge in [0, 0.05) is 17.7 Å². The predicted molar refractivity (Wildman–Crippen MR) is 65.2 cm³/mol. The van der Waals surface area contributed by atoms with Crippen molar-refractivity contribution in [3.63, 3.8) is 0 Å². The molecule has 0 aliphatic heterocycles. The zero-order chi connectivity index (χ0) is 14.5. The Morgan fingerprint density at radius 2 is 1.60 bits per heavy atom. The summed E-state index contributed by atoms with van der Waals surface area (Å²) in [6.07, 6.45) is 0. The van der Waals surface area contributed by atoms with Gasteiger partial charge in [0.25, 0.3) is 0 Å². The Bertz CT molecular complexity index is 624. The number of halogens is 2. The van der Waals surface area contributed by atoms with Gasteiger partial charge >= 0.3 is 5.97 Å². The van der Waals surface area contributed by atoms with Gasteiger partial charge in [0.1, 0.15) is 0 Å². The van der Waals surface area contributed by atoms with Crippen LogP contribution in [0.3, 0.4) is 0 Å². The van der Waals surface area contributed by atoms with Crippen molar-refractivity contribution >= 4 is 11.8 Å². The first kappa shape index (κ1) is 13.8. The van der Waals surface area contributed by atoms with Crippen molar-refractivity contribution in [3.05, 3.63) is 65.5 Å². The molecule has 0 amide bonds. The van der Waals surface area contributed by atoms with Gasteiger partial charge in [0.2, 0.25) is 11.9 Å². The van der Waals surface area contributed by atoms with Crippen LogP contribution in [0.1, 0.15) is 20.7 Å². The number of nitrogens with zero attached hydrogens (tertiary/aromatic N) is 1. The second kappa shape index (κ2) is 6.01. The minimum absolute atomic E-state index is 0.337. The normalized spacial score (nSPS) is 10.1. The molecule has 0 fully saturated rings. The SMILES string of the molecule is O=C(COC(=O)c1cc(F)nc(F)c1)c1ccccc1. The first-order chi connectivity index (χ1) is 9.56. The van der Waals surface area contributed by atoms with Gasteiger partial charge in [-0.05, 0) is 0 Å². The number of ketones is 1. The van der Waals surface area contributed by atoms with Crippen molar-refractivity contribution in [2.24, 2.45) is 0 Å². The van der Waals surface area contributed by atoms with E-state index in [4.69, 9.17) is 4.74 Å². The standard InChI is InChI=1S/C14H9F2NO3/c15-12-6-10(7-13(16)17-12)14(19)20-8-11(18)9-4-2-1-3-5-9/h1-7H,8H2. The highest BCUT2D eigenvalue weighted by atomic mass is 19.1. The third-order valence-corrected chi connectivity index (χ3v) is 2.43. The Morgan fingerprint density at radius 3 is 2.20 bits per heavy atom. The largest absolute Gasteiger partial charge is 0.454 e. The molecule has 20 heavy (non-hydrogen) atoms. The van der Waals surface area contributed by atoms with Gasteiger partial charge in [-0.2, -0.15) is 13.8 Å². The molecule has 6 heteroatoms. The Balaban J connectivity index is 2.00. The molecule has 0 radical (unpaired) electrons. The van der Waals surface area contributed by atoms with E-state index >= 15 is 0 Å². The highest BCUT2D eigenvalue weighted by molar-refractivity contribution is 5.99. The molecule has 2 aromatic rings. The summed E-state index contributed by atoms with van der Waals surface area (Å²) in [4.78, 5) is 26.1. The number of ether oxygens (including phenoxy) is 1. The molecule has 4 nitrogen and oxygen atoms in total. The third kappa shape index (κ3) is 3.44. The van der Waals surface area contributed by atoms with Crippen LogP contribution in [0.5, 0.6) is 0 Å². The number of benzene rings is 1. The van der Waals surface area contributed by atoms with Crippen LogP contribution >= 0.6 is 0 Å². The molecule has 0 saturated carbocycles. The molecule has 0 unspecified atom stereocenters. The van der Waals surface area contributed by atoms with Crippen molar-refractivity contribution in [2.75, 3.05) is 6.61 Å². The number of esters is 1. The zero-order valence-corrected chi connectivity index (χ0v) is 10.2. The fourth-order valence-corrected chi connectivity index (χ4v) is 1.50. The van der Waals surface area contributed by atoms with Gasteiger partial charge in [0.15, 0.2) is 12.4 Å². The average Bonchev–Trinajstić information content (AvgIpc) is 2.44. The summed E-state index contributed by atoms with van der Waals surface area (Å²) in [5, 5.41) is 0. The molecule has 0 saturated heterocycles. The topological polar surface area (TPSA) is 56.3 Å². The smallest absolute Gasteiger partial charge is 0.338 e. The van der Waals surface area contributed by atoms with E-state index in [0.29, 0.717) is 5.56 Å². The molecule has 0 bridgehead atoms. The summed E-state index contributed by atoms with van der Waals surface area (Å²) in [6, 6.07) is 9.69. The lowest BCUT2D eigenvalue weighted by Gasteiger charge is -2.04. The van der Waals surface area contributed by atoms with E-state index in [1.165, 1.54) is 0 Å². The van der Waals surface area contributed by atoms with E-state index in [1.807, 2.05) is 0 Å². The number of hydrogen-bond donors (Lipinski definition) is 0. The molecular formula is C14H9F2NO3. The summed E-state index contributed by atoms with van der Waals surface area (Å²) in [5.41, 5.74) is 0.0447. The molecule has 0 aliphatic rings. The monoisotopic (exact) mass is 277 g/mol. The van der Waals surface area contributed by atoms with Gasteiger partial charge in [-0.3, -0.25) is 4.79 Å². The Hall–Kier alpha value is -2.63. The number of aromatic nitrogens is 1. The van der Waals surface area contributed by atoms with Crippen LogP contribution in [0, 0.1) is 11.9 Å². The Morgan fingerprint density at radius 1 is 1.00 bits per heavy atom. The van der Waals surface area contributed by atoms with Crippen molar-refractivity contribution in [2.45, 2.75) is 0 Å². The summed E-state index contributed by atoms with van der Waals surface area (Å²) in [5.74, 6) is -3.67. The second-order valence-electron chi connectivity index (χ2n) is 3.87. The van der Waals surface area contributed by atoms with Crippen LogP contribution in [0.25, 0.3) is 0 Å². The van der Waals surface area contributed by atoms with Crippen LogP contribution in [-0.2, 0) is 4.74 Å². The van der Waals surface area contributed by atoms with E-state index < -0.39 is 30.3 Å². The van der Waals surface area contributed by atoms with Crippen LogP contribution in [0.15, 0.2) is 42.5 Å². The van der Waals surface area contributed by atoms with Crippen LogP contribution < -0.4 is 0 Å². The molecule has 1 aromatic heterocycles. The minimum Gasteiger partial charge on any atom is -0.454 e. The number of carbonyl (C=O) groups excluding carboxylic acids is 2. The average molecular weight is 277 g/mol.